The number of hydrogen-bond acceptors (Lipinski definition) is 2. The van der Waals surface area contributed by atoms with E-state index in [-0.39, 0.29) is 17.0 Å². The third kappa shape index (κ3) is 2.67. The Hall–Kier alpha value is -1.72. The lowest BCUT2D eigenvalue weighted by molar-refractivity contribution is -0.367. The maximum atomic E-state index is 13.8. The molecule has 0 saturated carbocycles. The molecule has 0 radical (unpaired) electrons. The second-order valence-corrected chi connectivity index (χ2v) is 6.29. The molecular formula is C14H15FNO2S+. The van der Waals surface area contributed by atoms with E-state index in [1.54, 1.807) is 24.3 Å². The van der Waals surface area contributed by atoms with Gasteiger partial charge >= 0.3 is 0 Å². The van der Waals surface area contributed by atoms with Gasteiger partial charge in [-0.2, -0.15) is 0 Å². The van der Waals surface area contributed by atoms with E-state index in [9.17, 15) is 12.8 Å². The summed E-state index contributed by atoms with van der Waals surface area (Å²) >= 11 is 0. The summed E-state index contributed by atoms with van der Waals surface area (Å²) in [4.78, 5) is 0.187. The van der Waals surface area contributed by atoms with E-state index in [0.717, 1.165) is 0 Å². The average molecular weight is 280 g/mol. The predicted molar refractivity (Wildman–Crippen MR) is 70.5 cm³/mol. The van der Waals surface area contributed by atoms with Crippen LogP contribution in [0, 0.1) is 5.82 Å². The Bertz CT molecular complexity index is 656. The summed E-state index contributed by atoms with van der Waals surface area (Å²) in [6.45, 7) is 0.0815. The molecule has 19 heavy (non-hydrogen) atoms. The Kier molecular flexibility index (Phi) is 3.97. The summed E-state index contributed by atoms with van der Waals surface area (Å²) in [5, 5.41) is -0.962. The highest BCUT2D eigenvalue weighted by Crippen LogP contribution is 2.29. The fourth-order valence-electron chi connectivity index (χ4n) is 1.99. The summed E-state index contributed by atoms with van der Waals surface area (Å²) in [5.41, 5.74) is 3.82. The van der Waals surface area contributed by atoms with E-state index < -0.39 is 20.9 Å². The molecule has 0 aliphatic carbocycles. The van der Waals surface area contributed by atoms with Gasteiger partial charge in [0.25, 0.3) is 0 Å². The summed E-state index contributed by atoms with van der Waals surface area (Å²) in [6, 6.07) is 14.0. The van der Waals surface area contributed by atoms with Gasteiger partial charge in [0.15, 0.2) is 9.84 Å². The molecule has 1 atom stereocenters. The van der Waals surface area contributed by atoms with E-state index in [0.29, 0.717) is 0 Å². The summed E-state index contributed by atoms with van der Waals surface area (Å²) in [7, 11) is -3.63. The number of halogens is 1. The molecule has 0 heterocycles. The van der Waals surface area contributed by atoms with E-state index >= 15 is 0 Å². The smallest absolute Gasteiger partial charge is 0.191 e. The molecule has 0 aliphatic rings. The second-order valence-electron chi connectivity index (χ2n) is 4.16. The van der Waals surface area contributed by atoms with Crippen LogP contribution in [0.4, 0.5) is 4.39 Å². The van der Waals surface area contributed by atoms with Crippen molar-refractivity contribution in [1.29, 1.82) is 0 Å². The molecule has 0 unspecified atom stereocenters. The topological polar surface area (TPSA) is 61.8 Å². The first-order valence-electron chi connectivity index (χ1n) is 5.90. The van der Waals surface area contributed by atoms with Crippen molar-refractivity contribution < 1.29 is 18.5 Å². The molecule has 0 bridgehead atoms. The first kappa shape index (κ1) is 13.7. The Morgan fingerprint density at radius 2 is 1.58 bits per heavy atom. The van der Waals surface area contributed by atoms with Crippen molar-refractivity contribution in [2.75, 3.05) is 6.54 Å². The van der Waals surface area contributed by atoms with Crippen LogP contribution in [0.1, 0.15) is 10.8 Å². The molecule has 0 saturated heterocycles. The zero-order valence-corrected chi connectivity index (χ0v) is 11.1. The number of sulfone groups is 1. The van der Waals surface area contributed by atoms with Gasteiger partial charge in [0, 0.05) is 5.56 Å². The Balaban J connectivity index is 2.52. The SMILES string of the molecule is [NH3+]C[C@@H](c1ccccc1F)S(=O)(=O)c1ccccc1. The van der Waals surface area contributed by atoms with Crippen molar-refractivity contribution in [3.63, 3.8) is 0 Å². The molecule has 2 aromatic carbocycles. The van der Waals surface area contributed by atoms with E-state index in [2.05, 4.69) is 5.73 Å². The van der Waals surface area contributed by atoms with Crippen molar-refractivity contribution in [3.05, 3.63) is 66.0 Å². The molecule has 0 aliphatic heterocycles. The van der Waals surface area contributed by atoms with Gasteiger partial charge in [-0.25, -0.2) is 12.8 Å². The highest BCUT2D eigenvalue weighted by molar-refractivity contribution is 7.91. The Morgan fingerprint density at radius 3 is 2.16 bits per heavy atom. The van der Waals surface area contributed by atoms with Gasteiger partial charge in [0.2, 0.25) is 0 Å². The summed E-state index contributed by atoms with van der Waals surface area (Å²) < 4.78 is 38.8. The average Bonchev–Trinajstić information content (AvgIpc) is 2.42. The molecule has 3 nitrogen and oxygen atoms in total. The van der Waals surface area contributed by atoms with Crippen LogP contribution in [-0.2, 0) is 9.84 Å². The van der Waals surface area contributed by atoms with Crippen LogP contribution in [0.3, 0.4) is 0 Å². The quantitative estimate of drug-likeness (QED) is 0.924. The standard InChI is InChI=1S/C14H14FNO2S/c15-13-9-5-4-8-12(13)14(10-16)19(17,18)11-6-2-1-3-7-11/h1-9,14H,10,16H2/p+1/t14-/m0/s1. The molecule has 0 amide bonds. The van der Waals surface area contributed by atoms with Gasteiger partial charge in [0.1, 0.15) is 11.1 Å². The number of rotatable bonds is 4. The molecule has 2 aromatic rings. The molecule has 5 heteroatoms. The van der Waals surface area contributed by atoms with Crippen LogP contribution in [0.15, 0.2) is 59.5 Å². The number of benzene rings is 2. The van der Waals surface area contributed by atoms with Crippen LogP contribution >= 0.6 is 0 Å². The third-order valence-electron chi connectivity index (χ3n) is 2.96. The van der Waals surface area contributed by atoms with Crippen molar-refractivity contribution >= 4 is 9.84 Å². The molecule has 100 valence electrons. The van der Waals surface area contributed by atoms with Gasteiger partial charge in [-0.05, 0) is 18.2 Å². The monoisotopic (exact) mass is 280 g/mol. The van der Waals surface area contributed by atoms with Crippen molar-refractivity contribution in [2.24, 2.45) is 0 Å². The molecule has 0 aromatic heterocycles. The molecular weight excluding hydrogens is 265 g/mol. The van der Waals surface area contributed by atoms with Gasteiger partial charge in [0.05, 0.1) is 11.4 Å². The van der Waals surface area contributed by atoms with Gasteiger partial charge in [-0.3, -0.25) is 0 Å². The zero-order valence-electron chi connectivity index (χ0n) is 10.3. The third-order valence-corrected chi connectivity index (χ3v) is 5.13. The minimum absolute atomic E-state index is 0.0815. The van der Waals surface area contributed by atoms with Crippen molar-refractivity contribution in [1.82, 2.24) is 0 Å². The Labute approximate surface area is 111 Å². The van der Waals surface area contributed by atoms with Crippen LogP contribution in [0.25, 0.3) is 0 Å². The van der Waals surface area contributed by atoms with Crippen LogP contribution in [0.2, 0.25) is 0 Å². The molecule has 3 N–H and O–H groups in total. The fraction of sp³-hybridized carbons (Fsp3) is 0.143. The maximum absolute atomic E-state index is 13.8. The summed E-state index contributed by atoms with van der Waals surface area (Å²) in [5.74, 6) is -0.518. The highest BCUT2D eigenvalue weighted by Gasteiger charge is 2.31. The molecule has 2 rings (SSSR count). The minimum atomic E-state index is -3.63. The van der Waals surface area contributed by atoms with E-state index in [4.69, 9.17) is 0 Å². The second kappa shape index (κ2) is 5.50. The maximum Gasteiger partial charge on any atom is 0.191 e. The normalized spacial score (nSPS) is 13.2. The van der Waals surface area contributed by atoms with Crippen LogP contribution in [-0.4, -0.2) is 15.0 Å². The predicted octanol–water partition coefficient (Wildman–Crippen LogP) is 1.58. The molecule has 0 fully saturated rings. The Morgan fingerprint density at radius 1 is 1.00 bits per heavy atom. The lowest BCUT2D eigenvalue weighted by Gasteiger charge is -2.15. The van der Waals surface area contributed by atoms with Crippen LogP contribution in [0.5, 0.6) is 0 Å². The fourth-order valence-corrected chi connectivity index (χ4v) is 3.69. The van der Waals surface area contributed by atoms with Crippen molar-refractivity contribution in [2.45, 2.75) is 10.1 Å². The van der Waals surface area contributed by atoms with Gasteiger partial charge in [-0.1, -0.05) is 36.4 Å². The highest BCUT2D eigenvalue weighted by atomic mass is 32.2. The molecule has 0 spiro atoms. The number of hydrogen-bond donors (Lipinski definition) is 1. The van der Waals surface area contributed by atoms with Crippen LogP contribution < -0.4 is 5.73 Å². The van der Waals surface area contributed by atoms with Gasteiger partial charge < -0.3 is 5.73 Å². The zero-order chi connectivity index (χ0) is 13.9. The lowest BCUT2D eigenvalue weighted by atomic mass is 10.1. The summed E-state index contributed by atoms with van der Waals surface area (Å²) in [6.07, 6.45) is 0. The van der Waals surface area contributed by atoms with Gasteiger partial charge in [-0.15, -0.1) is 0 Å². The minimum Gasteiger partial charge on any atom is -0.356 e. The lowest BCUT2D eigenvalue weighted by Crippen LogP contribution is -2.54. The van der Waals surface area contributed by atoms with E-state index in [1.165, 1.54) is 30.3 Å². The first-order chi connectivity index (χ1) is 9.07. The first-order valence-corrected chi connectivity index (χ1v) is 7.44. The van der Waals surface area contributed by atoms with Crippen molar-refractivity contribution in [3.8, 4) is 0 Å². The largest absolute Gasteiger partial charge is 0.356 e. The number of quaternary nitrogens is 1. The van der Waals surface area contributed by atoms with E-state index in [1.807, 2.05) is 0 Å².